The van der Waals surface area contributed by atoms with E-state index in [1.807, 2.05) is 32.9 Å². The Balaban J connectivity index is 2.61. The van der Waals surface area contributed by atoms with Crippen LogP contribution >= 0.6 is 0 Å². The molecule has 1 aromatic carbocycles. The third-order valence-electron chi connectivity index (χ3n) is 3.15. The van der Waals surface area contributed by atoms with Crippen molar-refractivity contribution >= 4 is 17.3 Å². The maximum atomic E-state index is 12.1. The van der Waals surface area contributed by atoms with Gasteiger partial charge in [0.25, 0.3) is 0 Å². The van der Waals surface area contributed by atoms with E-state index < -0.39 is 5.97 Å². The highest BCUT2D eigenvalue weighted by molar-refractivity contribution is 6.22. The summed E-state index contributed by atoms with van der Waals surface area (Å²) >= 11 is 0. The Morgan fingerprint density at radius 1 is 1.24 bits per heavy atom. The van der Waals surface area contributed by atoms with Crippen LogP contribution in [0.25, 0.3) is 5.57 Å². The second kappa shape index (κ2) is 3.84. The molecule has 0 radical (unpaired) electrons. The lowest BCUT2D eigenvalue weighted by Gasteiger charge is -2.06. The van der Waals surface area contributed by atoms with E-state index in [1.54, 1.807) is 0 Å². The summed E-state index contributed by atoms with van der Waals surface area (Å²) < 4.78 is 0. The van der Waals surface area contributed by atoms with Gasteiger partial charge in [-0.25, -0.2) is 0 Å². The number of carboxylic acid groups (broad SMARTS) is 1. The molecule has 0 bridgehead atoms. The SMILES string of the molecule is CC1=C(CC(=O)O)C(=O)c2cc(C)cc(C)c21. The fourth-order valence-corrected chi connectivity index (χ4v) is 2.49. The number of hydrogen-bond acceptors (Lipinski definition) is 2. The number of hydrogen-bond donors (Lipinski definition) is 1. The molecule has 3 heteroatoms. The second-order valence-corrected chi connectivity index (χ2v) is 4.51. The van der Waals surface area contributed by atoms with Gasteiger partial charge in [-0.1, -0.05) is 11.6 Å². The summed E-state index contributed by atoms with van der Waals surface area (Å²) in [5.41, 5.74) is 4.85. The maximum absolute atomic E-state index is 12.1. The van der Waals surface area contributed by atoms with Crippen LogP contribution in [0.4, 0.5) is 0 Å². The highest BCUT2D eigenvalue weighted by Crippen LogP contribution is 2.36. The number of carboxylic acids is 1. The fourth-order valence-electron chi connectivity index (χ4n) is 2.49. The minimum absolute atomic E-state index is 0.133. The first-order valence-corrected chi connectivity index (χ1v) is 5.49. The van der Waals surface area contributed by atoms with Gasteiger partial charge < -0.3 is 5.11 Å². The lowest BCUT2D eigenvalue weighted by molar-refractivity contribution is -0.136. The van der Waals surface area contributed by atoms with Gasteiger partial charge in [-0.05, 0) is 43.5 Å². The van der Waals surface area contributed by atoms with Gasteiger partial charge in [-0.15, -0.1) is 0 Å². The first-order chi connectivity index (χ1) is 7.91. The molecule has 0 spiro atoms. The van der Waals surface area contributed by atoms with E-state index in [4.69, 9.17) is 5.11 Å². The van der Waals surface area contributed by atoms with Crippen LogP contribution in [0.2, 0.25) is 0 Å². The molecule has 0 fully saturated rings. The molecule has 88 valence electrons. The van der Waals surface area contributed by atoms with Crippen LogP contribution in [-0.4, -0.2) is 16.9 Å². The summed E-state index contributed by atoms with van der Waals surface area (Å²) in [6, 6.07) is 3.85. The number of ketones is 1. The number of aliphatic carboxylic acids is 1. The normalized spacial score (nSPS) is 14.2. The standard InChI is InChI=1S/C14H14O3/c1-7-4-8(2)13-9(3)10(6-12(15)16)14(17)11(13)5-7/h4-5H,6H2,1-3H3,(H,15,16). The lowest BCUT2D eigenvalue weighted by Crippen LogP contribution is -2.05. The van der Waals surface area contributed by atoms with E-state index >= 15 is 0 Å². The Morgan fingerprint density at radius 3 is 2.47 bits per heavy atom. The Kier molecular flexibility index (Phi) is 2.62. The fraction of sp³-hybridized carbons (Fsp3) is 0.286. The molecule has 17 heavy (non-hydrogen) atoms. The first-order valence-electron chi connectivity index (χ1n) is 5.49. The highest BCUT2D eigenvalue weighted by atomic mass is 16.4. The molecule has 3 nitrogen and oxygen atoms in total. The van der Waals surface area contributed by atoms with Crippen molar-refractivity contribution in [3.05, 3.63) is 40.0 Å². The quantitative estimate of drug-likeness (QED) is 0.849. The molecule has 0 saturated carbocycles. The number of aryl methyl sites for hydroxylation is 2. The lowest BCUT2D eigenvalue weighted by atomic mass is 9.98. The molecule has 0 aromatic heterocycles. The molecule has 0 unspecified atom stereocenters. The zero-order valence-corrected chi connectivity index (χ0v) is 10.1. The van der Waals surface area contributed by atoms with Crippen molar-refractivity contribution in [2.45, 2.75) is 27.2 Å². The minimum Gasteiger partial charge on any atom is -0.481 e. The van der Waals surface area contributed by atoms with Gasteiger partial charge in [0, 0.05) is 11.1 Å². The smallest absolute Gasteiger partial charge is 0.307 e. The molecular formula is C14H14O3. The van der Waals surface area contributed by atoms with Crippen LogP contribution in [0.5, 0.6) is 0 Å². The van der Waals surface area contributed by atoms with E-state index in [1.165, 1.54) is 0 Å². The van der Waals surface area contributed by atoms with Gasteiger partial charge in [0.1, 0.15) is 0 Å². The van der Waals surface area contributed by atoms with Crippen molar-refractivity contribution in [3.63, 3.8) is 0 Å². The van der Waals surface area contributed by atoms with Gasteiger partial charge in [0.05, 0.1) is 6.42 Å². The van der Waals surface area contributed by atoms with Crippen molar-refractivity contribution in [1.82, 2.24) is 0 Å². The molecule has 1 N–H and O–H groups in total. The van der Waals surface area contributed by atoms with E-state index in [9.17, 15) is 9.59 Å². The Morgan fingerprint density at radius 2 is 1.88 bits per heavy atom. The molecule has 0 saturated heterocycles. The zero-order chi connectivity index (χ0) is 12.7. The van der Waals surface area contributed by atoms with Crippen LogP contribution < -0.4 is 0 Å². The second-order valence-electron chi connectivity index (χ2n) is 4.51. The summed E-state index contributed by atoms with van der Waals surface area (Å²) in [6.07, 6.45) is -0.197. The van der Waals surface area contributed by atoms with Crippen molar-refractivity contribution in [3.8, 4) is 0 Å². The highest BCUT2D eigenvalue weighted by Gasteiger charge is 2.29. The number of rotatable bonds is 2. The summed E-state index contributed by atoms with van der Waals surface area (Å²) in [6.45, 7) is 5.71. The predicted molar refractivity (Wildman–Crippen MR) is 65.1 cm³/mol. The van der Waals surface area contributed by atoms with Crippen LogP contribution in [0, 0.1) is 13.8 Å². The van der Waals surface area contributed by atoms with Crippen LogP contribution in [-0.2, 0) is 4.79 Å². The number of fused-ring (bicyclic) bond motifs is 1. The zero-order valence-electron chi connectivity index (χ0n) is 10.1. The number of Topliss-reactive ketones (excluding diaryl/α,β-unsaturated/α-hetero) is 1. The average Bonchev–Trinajstić information content (AvgIpc) is 2.42. The number of allylic oxidation sites excluding steroid dienone is 1. The Hall–Kier alpha value is -1.90. The van der Waals surface area contributed by atoms with Crippen LogP contribution in [0.15, 0.2) is 17.7 Å². The third-order valence-corrected chi connectivity index (χ3v) is 3.15. The summed E-state index contributed by atoms with van der Waals surface area (Å²) in [5, 5.41) is 8.83. The molecule has 1 aliphatic rings. The van der Waals surface area contributed by atoms with Gasteiger partial charge in [-0.2, -0.15) is 0 Å². The topological polar surface area (TPSA) is 54.4 Å². The van der Waals surface area contributed by atoms with Crippen molar-refractivity contribution in [2.75, 3.05) is 0 Å². The monoisotopic (exact) mass is 230 g/mol. The van der Waals surface area contributed by atoms with Crippen molar-refractivity contribution < 1.29 is 14.7 Å². The van der Waals surface area contributed by atoms with E-state index in [-0.39, 0.29) is 12.2 Å². The first kappa shape index (κ1) is 11.6. The van der Waals surface area contributed by atoms with E-state index in [0.29, 0.717) is 11.1 Å². The van der Waals surface area contributed by atoms with Gasteiger partial charge in [-0.3, -0.25) is 9.59 Å². The molecule has 0 atom stereocenters. The number of carbonyl (C=O) groups excluding carboxylic acids is 1. The van der Waals surface area contributed by atoms with Crippen LogP contribution in [0.3, 0.4) is 0 Å². The molecule has 1 aromatic rings. The number of carbonyl (C=O) groups is 2. The molecule has 0 aliphatic heterocycles. The molecule has 0 amide bonds. The van der Waals surface area contributed by atoms with Crippen molar-refractivity contribution in [1.29, 1.82) is 0 Å². The Bertz CT molecular complexity index is 565. The van der Waals surface area contributed by atoms with E-state index in [2.05, 4.69) is 0 Å². The molecule has 1 aliphatic carbocycles. The summed E-state index contributed by atoms with van der Waals surface area (Å²) in [4.78, 5) is 22.9. The maximum Gasteiger partial charge on any atom is 0.307 e. The van der Waals surface area contributed by atoms with Gasteiger partial charge in [0.15, 0.2) is 5.78 Å². The van der Waals surface area contributed by atoms with Crippen LogP contribution in [0.1, 0.15) is 40.4 Å². The number of benzene rings is 1. The minimum atomic E-state index is -0.963. The molecule has 2 rings (SSSR count). The van der Waals surface area contributed by atoms with Gasteiger partial charge >= 0.3 is 5.97 Å². The Labute approximate surface area is 99.8 Å². The third kappa shape index (κ3) is 1.78. The summed E-state index contributed by atoms with van der Waals surface area (Å²) in [5.74, 6) is -1.10. The predicted octanol–water partition coefficient (Wildman–Crippen LogP) is 2.75. The van der Waals surface area contributed by atoms with Crippen molar-refractivity contribution in [2.24, 2.45) is 0 Å². The van der Waals surface area contributed by atoms with Gasteiger partial charge in [0.2, 0.25) is 0 Å². The largest absolute Gasteiger partial charge is 0.481 e. The molecular weight excluding hydrogens is 216 g/mol. The molecule has 0 heterocycles. The van der Waals surface area contributed by atoms with E-state index in [0.717, 1.165) is 22.3 Å². The summed E-state index contributed by atoms with van der Waals surface area (Å²) in [7, 11) is 0. The average molecular weight is 230 g/mol.